The van der Waals surface area contributed by atoms with Crippen LogP contribution >= 0.6 is 0 Å². The normalized spacial score (nSPS) is 13.7. The van der Waals surface area contributed by atoms with Crippen LogP contribution in [0.15, 0.2) is 138 Å². The van der Waals surface area contributed by atoms with E-state index in [0.29, 0.717) is 5.57 Å². The van der Waals surface area contributed by atoms with Gasteiger partial charge in [-0.2, -0.15) is 5.26 Å². The van der Waals surface area contributed by atoms with Gasteiger partial charge in [0.2, 0.25) is 0 Å². The number of sulfonamides is 1. The van der Waals surface area contributed by atoms with Crippen LogP contribution in [0.3, 0.4) is 0 Å². The molecule has 2 amide bonds. The Labute approximate surface area is 282 Å². The fourth-order valence-electron chi connectivity index (χ4n) is 5.98. The summed E-state index contributed by atoms with van der Waals surface area (Å²) >= 11 is 0. The maximum absolute atomic E-state index is 12.8. The van der Waals surface area contributed by atoms with Gasteiger partial charge in [0.25, 0.3) is 10.0 Å². The lowest BCUT2D eigenvalue weighted by Gasteiger charge is -2.25. The van der Waals surface area contributed by atoms with Gasteiger partial charge in [0, 0.05) is 23.1 Å². The molecule has 0 aliphatic heterocycles. The van der Waals surface area contributed by atoms with Crippen LogP contribution in [0.1, 0.15) is 43.2 Å². The molecule has 0 radical (unpaired) electrons. The van der Waals surface area contributed by atoms with Crippen molar-refractivity contribution >= 4 is 44.8 Å². The average Bonchev–Trinajstić information content (AvgIpc) is 3.12. The number of para-hydroxylation sites is 2. The molecule has 0 spiro atoms. The fraction of sp³-hybridized carbons (Fsp3) is 0.150. The molecular weight excluding hydrogens is 617 g/mol. The Morgan fingerprint density at radius 2 is 1.21 bits per heavy atom. The van der Waals surface area contributed by atoms with Gasteiger partial charge in [-0.25, -0.2) is 17.9 Å². The number of carbonyl (C=O) groups excluding carboxylic acids is 1. The van der Waals surface area contributed by atoms with Crippen LogP contribution in [-0.2, 0) is 10.0 Å². The number of urea groups is 1. The van der Waals surface area contributed by atoms with Crippen LogP contribution in [0.4, 0.5) is 21.9 Å². The van der Waals surface area contributed by atoms with E-state index in [-0.39, 0.29) is 10.9 Å². The summed E-state index contributed by atoms with van der Waals surface area (Å²) in [5, 5.41) is 12.8. The van der Waals surface area contributed by atoms with E-state index in [2.05, 4.69) is 45.3 Å². The number of allylic oxidation sites excluding steroid dienone is 1. The third-order valence-electron chi connectivity index (χ3n) is 8.47. The lowest BCUT2D eigenvalue weighted by molar-refractivity contribution is 0.237. The van der Waals surface area contributed by atoms with Crippen LogP contribution in [0.25, 0.3) is 22.8 Å². The molecule has 2 N–H and O–H groups in total. The molecule has 240 valence electrons. The molecule has 7 nitrogen and oxygen atoms in total. The second kappa shape index (κ2) is 14.8. The largest absolute Gasteiger partial charge is 0.335 e. The zero-order chi connectivity index (χ0) is 33.3. The van der Waals surface area contributed by atoms with Gasteiger partial charge >= 0.3 is 6.03 Å². The summed E-state index contributed by atoms with van der Waals surface area (Å²) in [5.41, 5.74) is 6.98. The van der Waals surface area contributed by atoms with Crippen molar-refractivity contribution in [1.82, 2.24) is 10.0 Å². The van der Waals surface area contributed by atoms with Crippen molar-refractivity contribution in [2.24, 2.45) is 0 Å². The monoisotopic (exact) mass is 652 g/mol. The predicted molar refractivity (Wildman–Crippen MR) is 192 cm³/mol. The van der Waals surface area contributed by atoms with Crippen molar-refractivity contribution < 1.29 is 13.2 Å². The summed E-state index contributed by atoms with van der Waals surface area (Å²) < 4.78 is 27.7. The Morgan fingerprint density at radius 3 is 1.75 bits per heavy atom. The zero-order valence-corrected chi connectivity index (χ0v) is 27.2. The quantitative estimate of drug-likeness (QED) is 0.122. The van der Waals surface area contributed by atoms with Gasteiger partial charge in [-0.3, -0.25) is 0 Å². The van der Waals surface area contributed by atoms with Crippen LogP contribution in [0, 0.1) is 11.3 Å². The molecule has 1 saturated carbocycles. The molecule has 0 bridgehead atoms. The third-order valence-corrected chi connectivity index (χ3v) is 9.82. The number of nitrogens with one attached hydrogen (secondary N) is 2. The van der Waals surface area contributed by atoms with E-state index >= 15 is 0 Å². The molecule has 0 heterocycles. The first-order valence-electron chi connectivity index (χ1n) is 16.1. The molecule has 0 saturated heterocycles. The number of anilines is 3. The van der Waals surface area contributed by atoms with E-state index in [1.165, 1.54) is 12.1 Å². The number of hydrogen-bond acceptors (Lipinski definition) is 5. The Morgan fingerprint density at radius 1 is 0.688 bits per heavy atom. The number of carbonyl (C=O) groups is 1. The minimum atomic E-state index is -4.00. The molecule has 0 atom stereocenters. The van der Waals surface area contributed by atoms with E-state index in [4.69, 9.17) is 0 Å². The van der Waals surface area contributed by atoms with E-state index in [0.717, 1.165) is 71.4 Å². The molecular formula is C40H36N4O3S. The van der Waals surface area contributed by atoms with Crippen LogP contribution in [0.2, 0.25) is 0 Å². The molecule has 1 fully saturated rings. The Bertz CT molecular complexity index is 1980. The fourth-order valence-corrected chi connectivity index (χ4v) is 6.89. The number of nitrogens with zero attached hydrogens (tertiary/aromatic N) is 2. The molecule has 0 unspecified atom stereocenters. The number of benzene rings is 5. The third kappa shape index (κ3) is 7.83. The van der Waals surface area contributed by atoms with Gasteiger partial charge in [-0.15, -0.1) is 0 Å². The van der Waals surface area contributed by atoms with Gasteiger partial charge in [0.15, 0.2) is 0 Å². The van der Waals surface area contributed by atoms with Crippen molar-refractivity contribution in [2.45, 2.75) is 43.0 Å². The van der Waals surface area contributed by atoms with E-state index in [1.54, 1.807) is 12.1 Å². The Hall–Kier alpha value is -5.65. The van der Waals surface area contributed by atoms with Crippen molar-refractivity contribution in [3.63, 3.8) is 0 Å². The lowest BCUT2D eigenvalue weighted by atomic mass is 9.96. The summed E-state index contributed by atoms with van der Waals surface area (Å²) in [4.78, 5) is 14.5. The average molecular weight is 653 g/mol. The molecule has 6 rings (SSSR count). The molecule has 48 heavy (non-hydrogen) atoms. The summed E-state index contributed by atoms with van der Waals surface area (Å²) in [5.74, 6) is 0. The predicted octanol–water partition coefficient (Wildman–Crippen LogP) is 9.21. The first-order valence-corrected chi connectivity index (χ1v) is 17.5. The second-order valence-corrected chi connectivity index (χ2v) is 13.5. The van der Waals surface area contributed by atoms with Crippen molar-refractivity contribution in [3.05, 3.63) is 145 Å². The molecule has 8 heteroatoms. The van der Waals surface area contributed by atoms with E-state index < -0.39 is 16.1 Å². The van der Waals surface area contributed by atoms with Crippen LogP contribution in [-0.4, -0.2) is 20.5 Å². The van der Waals surface area contributed by atoms with Gasteiger partial charge < -0.3 is 10.2 Å². The minimum absolute atomic E-state index is 0.00653. The van der Waals surface area contributed by atoms with Gasteiger partial charge in [0.05, 0.1) is 16.5 Å². The van der Waals surface area contributed by atoms with Gasteiger partial charge in [-0.1, -0.05) is 104 Å². The molecule has 0 aromatic heterocycles. The highest BCUT2D eigenvalue weighted by Gasteiger charge is 2.21. The van der Waals surface area contributed by atoms with Gasteiger partial charge in [0.1, 0.15) is 0 Å². The number of nitriles is 1. The van der Waals surface area contributed by atoms with Crippen molar-refractivity contribution in [1.29, 1.82) is 5.26 Å². The Kier molecular flexibility index (Phi) is 9.99. The molecule has 5 aromatic rings. The van der Waals surface area contributed by atoms with Crippen molar-refractivity contribution in [2.75, 3.05) is 4.90 Å². The summed E-state index contributed by atoms with van der Waals surface area (Å²) in [7, 11) is -4.00. The topological polar surface area (TPSA) is 102 Å². The number of rotatable bonds is 9. The minimum Gasteiger partial charge on any atom is -0.335 e. The van der Waals surface area contributed by atoms with Crippen LogP contribution < -0.4 is 14.9 Å². The first-order chi connectivity index (χ1) is 23.4. The summed E-state index contributed by atoms with van der Waals surface area (Å²) in [6.45, 7) is 0. The van der Waals surface area contributed by atoms with E-state index in [1.807, 2.05) is 91.0 Å². The molecule has 1 aliphatic carbocycles. The number of amides is 2. The summed E-state index contributed by atoms with van der Waals surface area (Å²) in [6.07, 6.45) is 6.80. The van der Waals surface area contributed by atoms with Crippen LogP contribution in [0.5, 0.6) is 0 Å². The zero-order valence-electron chi connectivity index (χ0n) is 26.4. The second-order valence-electron chi connectivity index (χ2n) is 11.8. The maximum atomic E-state index is 12.8. The highest BCUT2D eigenvalue weighted by Crippen LogP contribution is 2.34. The van der Waals surface area contributed by atoms with E-state index in [9.17, 15) is 18.5 Å². The first kappa shape index (κ1) is 32.3. The standard InChI is InChI=1S/C40H36N4O3S/c41-29-34(28-30-16-24-38(25-17-30)44(36-12-6-2-7-13-36)37-14-8-3-9-15-37)33-20-18-31(19-21-33)32-22-26-39(27-23-32)48(46,47)43-40(45)42-35-10-4-1-5-11-35/h2-3,6-9,12-28,35H,1,4-5,10-11H2,(H2,42,43,45)/b34-28+. The SMILES string of the molecule is N#C/C(=C\c1ccc(N(c2ccccc2)c2ccccc2)cc1)c1ccc(-c2ccc(S(=O)(=O)NC(=O)NC3CCCCC3)cc2)cc1. The highest BCUT2D eigenvalue weighted by molar-refractivity contribution is 7.90. The molecule has 5 aromatic carbocycles. The Balaban J connectivity index is 1.14. The highest BCUT2D eigenvalue weighted by atomic mass is 32.2. The maximum Gasteiger partial charge on any atom is 0.328 e. The lowest BCUT2D eigenvalue weighted by Crippen LogP contribution is -2.45. The number of hydrogen-bond donors (Lipinski definition) is 2. The smallest absolute Gasteiger partial charge is 0.328 e. The molecule has 1 aliphatic rings. The van der Waals surface area contributed by atoms with Gasteiger partial charge in [-0.05, 0) is 89.7 Å². The van der Waals surface area contributed by atoms with Crippen molar-refractivity contribution in [3.8, 4) is 17.2 Å². The summed E-state index contributed by atoms with van der Waals surface area (Å²) in [6, 6.07) is 44.1.